The minimum Gasteiger partial charge on any atom is -0.455 e. The number of fused-ring (bicyclic) bond motifs is 2. The van der Waals surface area contributed by atoms with Gasteiger partial charge in [0.25, 0.3) is 0 Å². The van der Waals surface area contributed by atoms with Crippen LogP contribution in [0.3, 0.4) is 0 Å². The lowest BCUT2D eigenvalue weighted by Gasteiger charge is -2.53. The van der Waals surface area contributed by atoms with Gasteiger partial charge in [-0.1, -0.05) is 24.3 Å². The van der Waals surface area contributed by atoms with Crippen LogP contribution in [0.25, 0.3) is 5.76 Å². The van der Waals surface area contributed by atoms with Gasteiger partial charge in [0.15, 0.2) is 5.66 Å². The Morgan fingerprint density at radius 2 is 1.36 bits per heavy atom. The second-order valence-electron chi connectivity index (χ2n) is 5.54. The second kappa shape index (κ2) is 3.98. The molecule has 22 heavy (non-hydrogen) atoms. The molecule has 9 nitrogen and oxygen atoms in total. The van der Waals surface area contributed by atoms with Gasteiger partial charge < -0.3 is 27.7 Å². The van der Waals surface area contributed by atoms with E-state index in [0.29, 0.717) is 5.56 Å². The zero-order valence-corrected chi connectivity index (χ0v) is 11.5. The maximum atomic E-state index is 12.4. The van der Waals surface area contributed by atoms with Crippen molar-refractivity contribution in [3.05, 3.63) is 41.0 Å². The zero-order valence-electron chi connectivity index (χ0n) is 11.5. The summed E-state index contributed by atoms with van der Waals surface area (Å²) < 4.78 is 5.43. The largest absolute Gasteiger partial charge is 0.455 e. The van der Waals surface area contributed by atoms with Gasteiger partial charge in [-0.2, -0.15) is 0 Å². The van der Waals surface area contributed by atoms with Crippen LogP contribution in [0.1, 0.15) is 15.9 Å². The van der Waals surface area contributed by atoms with Crippen LogP contribution in [0.2, 0.25) is 0 Å². The van der Waals surface area contributed by atoms with Crippen LogP contribution in [0.15, 0.2) is 29.8 Å². The van der Waals surface area contributed by atoms with Crippen molar-refractivity contribution in [1.29, 1.82) is 0 Å². The summed E-state index contributed by atoms with van der Waals surface area (Å²) in [4.78, 5) is 24.6. The smallest absolute Gasteiger partial charge is 0.247 e. The van der Waals surface area contributed by atoms with Crippen LogP contribution >= 0.6 is 0 Å². The third kappa shape index (κ3) is 1.52. The van der Waals surface area contributed by atoms with Crippen molar-refractivity contribution in [3.63, 3.8) is 0 Å². The van der Waals surface area contributed by atoms with E-state index in [4.69, 9.17) is 39.1 Å². The number of ether oxygens (including phenoxy) is 1. The minimum atomic E-state index is -2.19. The van der Waals surface area contributed by atoms with Crippen LogP contribution in [-0.2, 0) is 9.53 Å². The third-order valence-corrected chi connectivity index (χ3v) is 4.09. The normalized spacial score (nSPS) is 24.5. The molecule has 116 valence electrons. The molecule has 1 aliphatic carbocycles. The molecule has 2 aliphatic rings. The fourth-order valence-corrected chi connectivity index (χ4v) is 2.62. The van der Waals surface area contributed by atoms with Gasteiger partial charge >= 0.3 is 0 Å². The molecule has 1 aliphatic heterocycles. The maximum Gasteiger partial charge on any atom is 0.247 e. The lowest BCUT2D eigenvalue weighted by Crippen LogP contribution is -2.92. The standard InChI is InChI=1S/C13H16N6O3/c14-11(15)7-9(21)8(20)5-3-1-2-4-6(5)10(7)22-13(18,19)12(11,16)17/h1-4H,14-19H2. The molecule has 0 spiro atoms. The van der Waals surface area contributed by atoms with E-state index in [9.17, 15) is 9.59 Å². The molecule has 3 rings (SSSR count). The minimum absolute atomic E-state index is 0.0817. The molecule has 0 fully saturated rings. The number of carbonyl (C=O) groups is 2. The summed E-state index contributed by atoms with van der Waals surface area (Å²) in [7, 11) is 0. The Morgan fingerprint density at radius 3 is 1.95 bits per heavy atom. The third-order valence-electron chi connectivity index (χ3n) is 4.09. The van der Waals surface area contributed by atoms with E-state index >= 15 is 0 Å². The molecule has 1 heterocycles. The monoisotopic (exact) mass is 304 g/mol. The molecular weight excluding hydrogens is 288 g/mol. The Kier molecular flexibility index (Phi) is 2.68. The number of carbonyl (C=O) groups excluding carboxylic acids is 2. The Labute approximate surface area is 125 Å². The van der Waals surface area contributed by atoms with Gasteiger partial charge in [0, 0.05) is 11.1 Å². The van der Waals surface area contributed by atoms with E-state index in [1.165, 1.54) is 6.07 Å². The first kappa shape index (κ1) is 14.8. The average molecular weight is 304 g/mol. The summed E-state index contributed by atoms with van der Waals surface area (Å²) in [6.45, 7) is 0. The van der Waals surface area contributed by atoms with E-state index in [2.05, 4.69) is 0 Å². The lowest BCUT2D eigenvalue weighted by atomic mass is 9.74. The second-order valence-corrected chi connectivity index (χ2v) is 5.54. The van der Waals surface area contributed by atoms with Crippen molar-refractivity contribution < 1.29 is 14.3 Å². The molecule has 9 heteroatoms. The number of nitrogens with two attached hydrogens (primary N) is 6. The van der Waals surface area contributed by atoms with E-state index in [1.54, 1.807) is 18.2 Å². The molecule has 12 N–H and O–H groups in total. The lowest BCUT2D eigenvalue weighted by molar-refractivity contribution is -0.116. The molecule has 0 amide bonds. The van der Waals surface area contributed by atoms with Gasteiger partial charge in [0.05, 0.1) is 5.57 Å². The Bertz CT molecular complexity index is 750. The van der Waals surface area contributed by atoms with E-state index < -0.39 is 28.7 Å². The number of rotatable bonds is 0. The zero-order chi connectivity index (χ0) is 16.5. The first-order valence-corrected chi connectivity index (χ1v) is 6.38. The summed E-state index contributed by atoms with van der Waals surface area (Å²) in [6, 6.07) is 6.27. The first-order chi connectivity index (χ1) is 10.0. The number of ketones is 2. The highest BCUT2D eigenvalue weighted by molar-refractivity contribution is 6.52. The van der Waals surface area contributed by atoms with Crippen LogP contribution in [0.5, 0.6) is 0 Å². The highest BCUT2D eigenvalue weighted by atomic mass is 16.5. The molecule has 1 aromatic carbocycles. The summed E-state index contributed by atoms with van der Waals surface area (Å²) >= 11 is 0. The number of hydrogen-bond acceptors (Lipinski definition) is 9. The molecule has 0 radical (unpaired) electrons. The number of Topliss-reactive ketones (excluding diaryl/α,β-unsaturated/α-hetero) is 2. The molecule has 0 saturated heterocycles. The number of hydrogen-bond donors (Lipinski definition) is 6. The van der Waals surface area contributed by atoms with Gasteiger partial charge in [0.2, 0.25) is 17.4 Å². The van der Waals surface area contributed by atoms with Crippen molar-refractivity contribution in [2.24, 2.45) is 34.4 Å². The molecule has 0 unspecified atom stereocenters. The summed E-state index contributed by atoms with van der Waals surface area (Å²) in [6.07, 6.45) is 0. The highest BCUT2D eigenvalue weighted by Crippen LogP contribution is 2.42. The molecule has 0 saturated carbocycles. The predicted octanol–water partition coefficient (Wildman–Crippen LogP) is -3.01. The van der Waals surface area contributed by atoms with Crippen molar-refractivity contribution in [2.75, 3.05) is 0 Å². The highest BCUT2D eigenvalue weighted by Gasteiger charge is 2.64. The summed E-state index contributed by atoms with van der Waals surface area (Å²) in [5.41, 5.74) is 30.9. The van der Waals surface area contributed by atoms with Gasteiger partial charge in [-0.3, -0.25) is 21.1 Å². The van der Waals surface area contributed by atoms with Gasteiger partial charge in [-0.25, -0.2) is 0 Å². The van der Waals surface area contributed by atoms with Crippen LogP contribution in [-0.4, -0.2) is 28.7 Å². The topological polar surface area (TPSA) is 199 Å². The molecular formula is C13H16N6O3. The van der Waals surface area contributed by atoms with Crippen LogP contribution < -0.4 is 34.4 Å². The van der Waals surface area contributed by atoms with Crippen molar-refractivity contribution in [2.45, 2.75) is 17.2 Å². The van der Waals surface area contributed by atoms with Gasteiger partial charge in [-0.15, -0.1) is 0 Å². The predicted molar refractivity (Wildman–Crippen MR) is 77.1 cm³/mol. The summed E-state index contributed by atoms with van der Waals surface area (Å²) in [5.74, 6) is -3.96. The number of benzene rings is 1. The maximum absolute atomic E-state index is 12.4. The van der Waals surface area contributed by atoms with E-state index in [0.717, 1.165) is 0 Å². The van der Waals surface area contributed by atoms with Crippen LogP contribution in [0.4, 0.5) is 0 Å². The van der Waals surface area contributed by atoms with Gasteiger partial charge in [0.1, 0.15) is 11.4 Å². The Morgan fingerprint density at radius 1 is 0.818 bits per heavy atom. The molecule has 0 atom stereocenters. The van der Waals surface area contributed by atoms with Gasteiger partial charge in [-0.05, 0) is 0 Å². The first-order valence-electron chi connectivity index (χ1n) is 6.38. The molecule has 0 aromatic heterocycles. The van der Waals surface area contributed by atoms with Crippen molar-refractivity contribution in [1.82, 2.24) is 0 Å². The molecule has 1 aromatic rings. The average Bonchev–Trinajstić information content (AvgIpc) is 2.42. The van der Waals surface area contributed by atoms with Crippen LogP contribution in [0, 0.1) is 0 Å². The van der Waals surface area contributed by atoms with Crippen molar-refractivity contribution >= 4 is 17.3 Å². The van der Waals surface area contributed by atoms with E-state index in [1.807, 2.05) is 0 Å². The fraction of sp³-hybridized carbons (Fsp3) is 0.231. The SMILES string of the molecule is NC1(N)OC2=C(C(=O)C(=O)c3ccccc32)C(N)(N)C1(N)N. The van der Waals surface area contributed by atoms with Crippen molar-refractivity contribution in [3.8, 4) is 0 Å². The summed E-state index contributed by atoms with van der Waals surface area (Å²) in [5, 5.41) is 0. The quantitative estimate of drug-likeness (QED) is 0.213. The Hall–Kier alpha value is -2.14. The Balaban J connectivity index is 2.39. The molecule has 0 bridgehead atoms. The van der Waals surface area contributed by atoms with E-state index in [-0.39, 0.29) is 16.9 Å². The fourth-order valence-electron chi connectivity index (χ4n) is 2.62.